The first-order valence-electron chi connectivity index (χ1n) is 6.04. The summed E-state index contributed by atoms with van der Waals surface area (Å²) in [5, 5.41) is 10.9. The zero-order chi connectivity index (χ0) is 13.5. The number of hydrogen-bond donors (Lipinski definition) is 2. The highest BCUT2D eigenvalue weighted by molar-refractivity contribution is 9.10. The van der Waals surface area contributed by atoms with Crippen molar-refractivity contribution in [2.75, 3.05) is 0 Å². The fourth-order valence-corrected chi connectivity index (χ4v) is 2.06. The van der Waals surface area contributed by atoms with E-state index in [-0.39, 0.29) is 0 Å². The largest absolute Gasteiger partial charge is 0.366 e. The second-order valence-electron chi connectivity index (χ2n) is 4.10. The zero-order valence-corrected chi connectivity index (χ0v) is 12.0. The second-order valence-corrected chi connectivity index (χ2v) is 4.96. The Morgan fingerprint density at radius 3 is 2.47 bits per heavy atom. The zero-order valence-electron chi connectivity index (χ0n) is 10.4. The molecular weight excluding hydrogens is 300 g/mol. The van der Waals surface area contributed by atoms with E-state index in [0.29, 0.717) is 12.4 Å². The Morgan fingerprint density at radius 2 is 1.74 bits per heavy atom. The van der Waals surface area contributed by atoms with Crippen molar-refractivity contribution < 1.29 is 0 Å². The van der Waals surface area contributed by atoms with Gasteiger partial charge in [-0.3, -0.25) is 5.41 Å². The first-order chi connectivity index (χ1) is 9.25. The summed E-state index contributed by atoms with van der Waals surface area (Å²) in [6.07, 6.45) is 3.70. The molecule has 2 N–H and O–H groups in total. The van der Waals surface area contributed by atoms with Crippen LogP contribution in [0, 0.1) is 5.41 Å². The first-order valence-corrected chi connectivity index (χ1v) is 6.84. The Morgan fingerprint density at radius 1 is 1.05 bits per heavy atom. The molecule has 0 aliphatic carbocycles. The Balaban J connectivity index is 1.89. The summed E-state index contributed by atoms with van der Waals surface area (Å²) in [6, 6.07) is 18.0. The minimum absolute atomic E-state index is 0.402. The summed E-state index contributed by atoms with van der Waals surface area (Å²) in [6.45, 7) is 0.638. The van der Waals surface area contributed by atoms with Gasteiger partial charge in [-0.1, -0.05) is 70.5 Å². The average Bonchev–Trinajstić information content (AvgIpc) is 2.45. The fourth-order valence-electron chi connectivity index (χ4n) is 1.63. The third-order valence-corrected chi connectivity index (χ3v) is 3.44. The monoisotopic (exact) mass is 314 g/mol. The summed E-state index contributed by atoms with van der Waals surface area (Å²) in [7, 11) is 0. The molecule has 0 radical (unpaired) electrons. The van der Waals surface area contributed by atoms with Gasteiger partial charge < -0.3 is 5.32 Å². The molecule has 0 spiro atoms. The van der Waals surface area contributed by atoms with Crippen LogP contribution in [0.2, 0.25) is 0 Å². The number of rotatable bonds is 4. The van der Waals surface area contributed by atoms with Crippen LogP contribution in [0.1, 0.15) is 11.1 Å². The van der Waals surface area contributed by atoms with E-state index in [1.165, 1.54) is 0 Å². The van der Waals surface area contributed by atoms with Crippen LogP contribution in [-0.4, -0.2) is 5.84 Å². The predicted octanol–water partition coefficient (Wildman–Crippen LogP) is 4.23. The lowest BCUT2D eigenvalue weighted by Crippen LogP contribution is -2.19. The van der Waals surface area contributed by atoms with Crippen molar-refractivity contribution in [1.29, 1.82) is 5.41 Å². The van der Waals surface area contributed by atoms with Crippen LogP contribution in [0.5, 0.6) is 0 Å². The summed E-state index contributed by atoms with van der Waals surface area (Å²) in [5.74, 6) is 0.402. The number of benzene rings is 2. The van der Waals surface area contributed by atoms with Crippen LogP contribution in [0.3, 0.4) is 0 Å². The van der Waals surface area contributed by atoms with Gasteiger partial charge in [0, 0.05) is 11.0 Å². The molecule has 96 valence electrons. The molecule has 0 atom stereocenters. The molecule has 0 aliphatic heterocycles. The molecule has 0 aromatic heterocycles. The van der Waals surface area contributed by atoms with Crippen molar-refractivity contribution in [3.63, 3.8) is 0 Å². The van der Waals surface area contributed by atoms with E-state index in [1.54, 1.807) is 6.08 Å². The van der Waals surface area contributed by atoms with Gasteiger partial charge in [0.1, 0.15) is 5.84 Å². The van der Waals surface area contributed by atoms with Crippen LogP contribution < -0.4 is 5.32 Å². The maximum absolute atomic E-state index is 7.84. The summed E-state index contributed by atoms with van der Waals surface area (Å²) >= 11 is 3.49. The molecule has 2 rings (SSSR count). The van der Waals surface area contributed by atoms with E-state index in [2.05, 4.69) is 21.2 Å². The molecule has 0 aliphatic rings. The van der Waals surface area contributed by atoms with Gasteiger partial charge >= 0.3 is 0 Å². The summed E-state index contributed by atoms with van der Waals surface area (Å²) in [4.78, 5) is 0. The molecule has 2 aromatic rings. The van der Waals surface area contributed by atoms with E-state index in [4.69, 9.17) is 5.41 Å². The van der Waals surface area contributed by atoms with Crippen LogP contribution in [0.15, 0.2) is 65.1 Å². The first kappa shape index (κ1) is 13.6. The maximum Gasteiger partial charge on any atom is 0.118 e. The molecule has 3 heteroatoms. The van der Waals surface area contributed by atoms with Crippen molar-refractivity contribution in [2.45, 2.75) is 6.54 Å². The van der Waals surface area contributed by atoms with Gasteiger partial charge in [0.05, 0.1) is 0 Å². The van der Waals surface area contributed by atoms with Crippen LogP contribution in [0.25, 0.3) is 6.08 Å². The number of hydrogen-bond acceptors (Lipinski definition) is 1. The Labute approximate surface area is 121 Å². The standard InChI is InChI=1S/C16H15BrN2/c17-15-9-5-4-8-14(15)12-19-16(18)11-10-13-6-2-1-3-7-13/h1-11H,12H2,(H2,18,19)/b11-10+. The molecular formula is C16H15BrN2. The highest BCUT2D eigenvalue weighted by Crippen LogP contribution is 2.15. The van der Waals surface area contributed by atoms with Gasteiger partial charge in [0.2, 0.25) is 0 Å². The Hall–Kier alpha value is -1.87. The van der Waals surface area contributed by atoms with Gasteiger partial charge in [-0.2, -0.15) is 0 Å². The lowest BCUT2D eigenvalue weighted by atomic mass is 10.2. The minimum atomic E-state index is 0.402. The van der Waals surface area contributed by atoms with Gasteiger partial charge in [-0.05, 0) is 23.3 Å². The van der Waals surface area contributed by atoms with E-state index in [9.17, 15) is 0 Å². The number of halogens is 1. The topological polar surface area (TPSA) is 35.9 Å². The van der Waals surface area contributed by atoms with Crippen molar-refractivity contribution >= 4 is 27.8 Å². The van der Waals surface area contributed by atoms with Crippen molar-refractivity contribution in [2.24, 2.45) is 0 Å². The molecule has 0 amide bonds. The van der Waals surface area contributed by atoms with Gasteiger partial charge in [-0.25, -0.2) is 0 Å². The summed E-state index contributed by atoms with van der Waals surface area (Å²) in [5.41, 5.74) is 2.23. The Bertz CT molecular complexity index is 576. The van der Waals surface area contributed by atoms with Crippen LogP contribution in [-0.2, 0) is 6.54 Å². The molecule has 19 heavy (non-hydrogen) atoms. The lowest BCUT2D eigenvalue weighted by Gasteiger charge is -2.06. The van der Waals surface area contributed by atoms with Crippen molar-refractivity contribution in [3.8, 4) is 0 Å². The van der Waals surface area contributed by atoms with Crippen molar-refractivity contribution in [1.82, 2.24) is 5.32 Å². The normalized spacial score (nSPS) is 10.6. The van der Waals surface area contributed by atoms with E-state index in [1.807, 2.05) is 60.7 Å². The van der Waals surface area contributed by atoms with E-state index < -0.39 is 0 Å². The Kier molecular flexibility index (Phi) is 4.93. The minimum Gasteiger partial charge on any atom is -0.366 e. The lowest BCUT2D eigenvalue weighted by molar-refractivity contribution is 0.907. The SMILES string of the molecule is N=C(/C=C/c1ccccc1)NCc1ccccc1Br. The molecule has 2 aromatic carbocycles. The third-order valence-electron chi connectivity index (χ3n) is 2.67. The van der Waals surface area contributed by atoms with E-state index >= 15 is 0 Å². The van der Waals surface area contributed by atoms with Crippen molar-refractivity contribution in [3.05, 3.63) is 76.3 Å². The number of amidine groups is 1. The molecule has 0 saturated carbocycles. The maximum atomic E-state index is 7.84. The van der Waals surface area contributed by atoms with E-state index in [0.717, 1.165) is 15.6 Å². The third kappa shape index (κ3) is 4.38. The smallest absolute Gasteiger partial charge is 0.118 e. The molecule has 0 unspecified atom stereocenters. The molecule has 0 saturated heterocycles. The predicted molar refractivity (Wildman–Crippen MR) is 84.2 cm³/mol. The van der Waals surface area contributed by atoms with Gasteiger partial charge in [-0.15, -0.1) is 0 Å². The van der Waals surface area contributed by atoms with Crippen LogP contribution >= 0.6 is 15.9 Å². The van der Waals surface area contributed by atoms with Gasteiger partial charge in [0.15, 0.2) is 0 Å². The fraction of sp³-hybridized carbons (Fsp3) is 0.0625. The average molecular weight is 315 g/mol. The highest BCUT2D eigenvalue weighted by Gasteiger charge is 1.98. The summed E-state index contributed by atoms with van der Waals surface area (Å²) < 4.78 is 1.06. The number of nitrogens with one attached hydrogen (secondary N) is 2. The second kappa shape index (κ2) is 6.90. The molecule has 2 nitrogen and oxygen atoms in total. The van der Waals surface area contributed by atoms with Gasteiger partial charge in [0.25, 0.3) is 0 Å². The molecule has 0 bridgehead atoms. The molecule has 0 fully saturated rings. The quantitative estimate of drug-likeness (QED) is 0.643. The molecule has 0 heterocycles. The van der Waals surface area contributed by atoms with Crippen LogP contribution in [0.4, 0.5) is 0 Å². The highest BCUT2D eigenvalue weighted by atomic mass is 79.9.